The van der Waals surface area contributed by atoms with E-state index < -0.39 is 5.91 Å². The Hall–Kier alpha value is -3.33. The topological polar surface area (TPSA) is 84.4 Å². The Labute approximate surface area is 189 Å². The Morgan fingerprint density at radius 2 is 2.03 bits per heavy atom. The molecule has 0 spiro atoms. The molecule has 0 saturated carbocycles. The first-order valence-corrected chi connectivity index (χ1v) is 11.2. The SMILES string of the molecule is Cc1cccc(OCC(=O)N2CCC[C@H](c3nnc(C(=O)Nc4ccc(F)cc4)s3)C2)c1. The lowest BCUT2D eigenvalue weighted by atomic mass is 9.99. The van der Waals surface area contributed by atoms with Crippen LogP contribution in [0.2, 0.25) is 0 Å². The van der Waals surface area contributed by atoms with Gasteiger partial charge in [-0.1, -0.05) is 23.5 Å². The summed E-state index contributed by atoms with van der Waals surface area (Å²) in [6, 6.07) is 13.1. The predicted molar refractivity (Wildman–Crippen MR) is 119 cm³/mol. The van der Waals surface area contributed by atoms with Crippen molar-refractivity contribution in [2.24, 2.45) is 0 Å². The number of benzene rings is 2. The van der Waals surface area contributed by atoms with Gasteiger partial charge in [-0.25, -0.2) is 4.39 Å². The number of likely N-dealkylation sites (tertiary alicyclic amines) is 1. The molecule has 1 saturated heterocycles. The molecule has 4 rings (SSSR count). The lowest BCUT2D eigenvalue weighted by Crippen LogP contribution is -2.41. The number of hydrogen-bond donors (Lipinski definition) is 1. The molecule has 1 aliphatic heterocycles. The van der Waals surface area contributed by atoms with E-state index in [-0.39, 0.29) is 29.3 Å². The first kappa shape index (κ1) is 21.9. The summed E-state index contributed by atoms with van der Waals surface area (Å²) in [5, 5.41) is 11.9. The summed E-state index contributed by atoms with van der Waals surface area (Å²) in [4.78, 5) is 26.9. The van der Waals surface area contributed by atoms with Crippen LogP contribution < -0.4 is 10.1 Å². The highest BCUT2D eigenvalue weighted by atomic mass is 32.1. The van der Waals surface area contributed by atoms with E-state index in [0.29, 0.717) is 24.5 Å². The van der Waals surface area contributed by atoms with Crippen LogP contribution in [0.4, 0.5) is 10.1 Å². The van der Waals surface area contributed by atoms with E-state index in [4.69, 9.17) is 4.74 Å². The maximum absolute atomic E-state index is 13.0. The molecule has 3 aromatic rings. The van der Waals surface area contributed by atoms with Crippen molar-refractivity contribution in [3.8, 4) is 5.75 Å². The number of hydrogen-bond acceptors (Lipinski definition) is 6. The molecule has 166 valence electrons. The Bertz CT molecular complexity index is 1100. The Morgan fingerprint density at radius 1 is 1.22 bits per heavy atom. The molecule has 1 fully saturated rings. The van der Waals surface area contributed by atoms with E-state index in [9.17, 15) is 14.0 Å². The molecule has 1 atom stereocenters. The minimum absolute atomic E-state index is 0.0163. The second-order valence-corrected chi connectivity index (χ2v) is 8.70. The van der Waals surface area contributed by atoms with Crippen LogP contribution in [0.5, 0.6) is 5.75 Å². The van der Waals surface area contributed by atoms with Gasteiger partial charge in [0.1, 0.15) is 16.6 Å². The lowest BCUT2D eigenvalue weighted by molar-refractivity contribution is -0.134. The predicted octanol–water partition coefficient (Wildman–Crippen LogP) is 4.02. The Balaban J connectivity index is 1.34. The zero-order valence-electron chi connectivity index (χ0n) is 17.6. The second kappa shape index (κ2) is 9.86. The van der Waals surface area contributed by atoms with Crippen LogP contribution >= 0.6 is 11.3 Å². The first-order valence-electron chi connectivity index (χ1n) is 10.4. The first-order chi connectivity index (χ1) is 15.5. The number of anilines is 1. The zero-order valence-corrected chi connectivity index (χ0v) is 18.4. The summed E-state index contributed by atoms with van der Waals surface area (Å²) in [5.74, 6) is -0.142. The standard InChI is InChI=1S/C23H23FN4O3S/c1-15-4-2-6-19(12-15)31-14-20(29)28-11-3-5-16(13-28)22-26-27-23(32-22)21(30)25-18-9-7-17(24)8-10-18/h2,4,6-10,12,16H,3,5,11,13-14H2,1H3,(H,25,30)/t16-/m0/s1. The van der Waals surface area contributed by atoms with Crippen LogP contribution in [-0.2, 0) is 4.79 Å². The van der Waals surface area contributed by atoms with Crippen molar-refractivity contribution in [2.45, 2.75) is 25.7 Å². The number of amides is 2. The summed E-state index contributed by atoms with van der Waals surface area (Å²) < 4.78 is 18.7. The number of carbonyl (C=O) groups is 2. The highest BCUT2D eigenvalue weighted by Crippen LogP contribution is 2.29. The molecule has 1 aromatic heterocycles. The molecule has 0 bridgehead atoms. The van der Waals surface area contributed by atoms with Gasteiger partial charge < -0.3 is 15.0 Å². The molecule has 0 aliphatic carbocycles. The fourth-order valence-electron chi connectivity index (χ4n) is 3.56. The number of aryl methyl sites for hydroxylation is 1. The van der Waals surface area contributed by atoms with Crippen LogP contribution in [0.3, 0.4) is 0 Å². The van der Waals surface area contributed by atoms with Gasteiger partial charge in [-0.05, 0) is 61.7 Å². The van der Waals surface area contributed by atoms with Crippen molar-refractivity contribution in [3.05, 3.63) is 69.9 Å². The maximum atomic E-state index is 13.0. The fraction of sp³-hybridized carbons (Fsp3) is 0.304. The van der Waals surface area contributed by atoms with Crippen molar-refractivity contribution >= 4 is 28.8 Å². The van der Waals surface area contributed by atoms with Crippen LogP contribution in [0.1, 0.15) is 39.1 Å². The number of halogens is 1. The van der Waals surface area contributed by atoms with E-state index in [1.54, 1.807) is 4.90 Å². The number of carbonyl (C=O) groups excluding carboxylic acids is 2. The third-order valence-electron chi connectivity index (χ3n) is 5.21. The number of piperidine rings is 1. The maximum Gasteiger partial charge on any atom is 0.286 e. The van der Waals surface area contributed by atoms with Crippen LogP contribution in [0.25, 0.3) is 0 Å². The second-order valence-electron chi connectivity index (χ2n) is 7.69. The van der Waals surface area contributed by atoms with E-state index in [0.717, 1.165) is 23.4 Å². The van der Waals surface area contributed by atoms with Gasteiger partial charge in [0.05, 0.1) is 0 Å². The highest BCUT2D eigenvalue weighted by molar-refractivity contribution is 7.13. The summed E-state index contributed by atoms with van der Waals surface area (Å²) >= 11 is 1.22. The largest absolute Gasteiger partial charge is 0.484 e. The molecule has 1 aliphatic rings. The van der Waals surface area contributed by atoms with Gasteiger partial charge in [-0.2, -0.15) is 0 Å². The van der Waals surface area contributed by atoms with Crippen LogP contribution in [0.15, 0.2) is 48.5 Å². The third kappa shape index (κ3) is 5.47. The lowest BCUT2D eigenvalue weighted by Gasteiger charge is -2.31. The Kier molecular flexibility index (Phi) is 6.75. The van der Waals surface area contributed by atoms with Crippen LogP contribution in [0, 0.1) is 12.7 Å². The number of rotatable bonds is 6. The molecule has 2 amide bonds. The molecule has 2 heterocycles. The number of ether oxygens (including phenoxy) is 1. The van der Waals surface area contributed by atoms with Crippen molar-refractivity contribution in [1.29, 1.82) is 0 Å². The molecule has 7 nitrogen and oxygen atoms in total. The zero-order chi connectivity index (χ0) is 22.5. The van der Waals surface area contributed by atoms with Gasteiger partial charge in [0.25, 0.3) is 11.8 Å². The molecular formula is C23H23FN4O3S. The summed E-state index contributed by atoms with van der Waals surface area (Å²) in [7, 11) is 0. The molecule has 32 heavy (non-hydrogen) atoms. The minimum atomic E-state index is -0.393. The smallest absolute Gasteiger partial charge is 0.286 e. The van der Waals surface area contributed by atoms with Gasteiger partial charge in [-0.3, -0.25) is 9.59 Å². The quantitative estimate of drug-likeness (QED) is 0.608. The number of aromatic nitrogens is 2. The molecule has 9 heteroatoms. The van der Waals surface area contributed by atoms with E-state index in [1.165, 1.54) is 35.6 Å². The summed E-state index contributed by atoms with van der Waals surface area (Å²) in [5.41, 5.74) is 1.56. The molecule has 2 aromatic carbocycles. The molecular weight excluding hydrogens is 431 g/mol. The average molecular weight is 455 g/mol. The monoisotopic (exact) mass is 454 g/mol. The van der Waals surface area contributed by atoms with Gasteiger partial charge in [0.15, 0.2) is 6.61 Å². The van der Waals surface area contributed by atoms with E-state index >= 15 is 0 Å². The van der Waals surface area contributed by atoms with Crippen molar-refractivity contribution in [1.82, 2.24) is 15.1 Å². The van der Waals surface area contributed by atoms with Gasteiger partial charge in [-0.15, -0.1) is 10.2 Å². The fourth-order valence-corrected chi connectivity index (χ4v) is 4.42. The van der Waals surface area contributed by atoms with E-state index in [2.05, 4.69) is 15.5 Å². The number of nitrogens with one attached hydrogen (secondary N) is 1. The van der Waals surface area contributed by atoms with E-state index in [1.807, 2.05) is 31.2 Å². The van der Waals surface area contributed by atoms with Gasteiger partial charge >= 0.3 is 0 Å². The molecule has 0 radical (unpaired) electrons. The van der Waals surface area contributed by atoms with Gasteiger partial charge in [0.2, 0.25) is 5.01 Å². The van der Waals surface area contributed by atoms with Gasteiger partial charge in [0, 0.05) is 24.7 Å². The minimum Gasteiger partial charge on any atom is -0.484 e. The average Bonchev–Trinajstić information content (AvgIpc) is 3.30. The summed E-state index contributed by atoms with van der Waals surface area (Å²) in [6.45, 7) is 3.14. The number of nitrogens with zero attached hydrogens (tertiary/aromatic N) is 3. The Morgan fingerprint density at radius 3 is 2.81 bits per heavy atom. The van der Waals surface area contributed by atoms with Crippen molar-refractivity contribution in [3.63, 3.8) is 0 Å². The van der Waals surface area contributed by atoms with Crippen molar-refractivity contribution < 1.29 is 18.7 Å². The third-order valence-corrected chi connectivity index (χ3v) is 6.30. The molecule has 1 N–H and O–H groups in total. The summed E-state index contributed by atoms with van der Waals surface area (Å²) in [6.07, 6.45) is 1.72. The molecule has 0 unspecified atom stereocenters. The highest BCUT2D eigenvalue weighted by Gasteiger charge is 2.28. The van der Waals surface area contributed by atoms with Crippen LogP contribution in [-0.4, -0.2) is 46.6 Å². The normalized spacial score (nSPS) is 15.9. The van der Waals surface area contributed by atoms with Crippen molar-refractivity contribution in [2.75, 3.05) is 25.0 Å².